The van der Waals surface area contributed by atoms with Crippen molar-refractivity contribution in [2.45, 2.75) is 0 Å². The van der Waals surface area contributed by atoms with Gasteiger partial charge in [-0.25, -0.2) is 14.5 Å². The normalized spacial score (nSPS) is 15.2. The first-order chi connectivity index (χ1) is 7.45. The van der Waals surface area contributed by atoms with E-state index in [1.54, 1.807) is 17.0 Å². The SMILES string of the molecule is Cl.Cl.c1cn2ncnc2c(N2CCNCC2)n1. The molecule has 1 aliphatic rings. The van der Waals surface area contributed by atoms with Gasteiger partial charge in [0.1, 0.15) is 6.33 Å². The molecule has 1 saturated heterocycles. The number of piperazine rings is 1. The van der Waals surface area contributed by atoms with Crippen molar-refractivity contribution in [1.82, 2.24) is 24.9 Å². The van der Waals surface area contributed by atoms with E-state index in [0.717, 1.165) is 37.6 Å². The van der Waals surface area contributed by atoms with E-state index in [4.69, 9.17) is 0 Å². The van der Waals surface area contributed by atoms with Crippen molar-refractivity contribution in [1.29, 1.82) is 0 Å². The second-order valence-corrected chi connectivity index (χ2v) is 3.52. The average Bonchev–Trinajstić information content (AvgIpc) is 2.78. The van der Waals surface area contributed by atoms with E-state index in [2.05, 4.69) is 25.3 Å². The molecule has 0 aliphatic carbocycles. The summed E-state index contributed by atoms with van der Waals surface area (Å²) >= 11 is 0. The van der Waals surface area contributed by atoms with E-state index in [-0.39, 0.29) is 24.8 Å². The van der Waals surface area contributed by atoms with Gasteiger partial charge in [-0.15, -0.1) is 24.8 Å². The first-order valence-corrected chi connectivity index (χ1v) is 5.05. The van der Waals surface area contributed by atoms with Gasteiger partial charge in [-0.1, -0.05) is 0 Å². The van der Waals surface area contributed by atoms with E-state index in [1.807, 2.05) is 6.20 Å². The maximum absolute atomic E-state index is 4.38. The molecule has 8 heteroatoms. The summed E-state index contributed by atoms with van der Waals surface area (Å²) in [6, 6.07) is 0. The van der Waals surface area contributed by atoms with E-state index < -0.39 is 0 Å². The standard InChI is InChI=1S/C9H12N6.2ClH/c1-4-14(5-2-10-1)8-9-12-7-13-15(9)6-3-11-8;;/h3,6-7,10H,1-2,4-5H2;2*1H. The summed E-state index contributed by atoms with van der Waals surface area (Å²) in [5, 5.41) is 7.41. The minimum absolute atomic E-state index is 0. The molecular formula is C9H14Cl2N6. The molecule has 0 saturated carbocycles. The molecule has 2 aromatic heterocycles. The van der Waals surface area contributed by atoms with Crippen LogP contribution in [-0.4, -0.2) is 45.8 Å². The van der Waals surface area contributed by atoms with Crippen LogP contribution in [0, 0.1) is 0 Å². The van der Waals surface area contributed by atoms with Crippen molar-refractivity contribution < 1.29 is 0 Å². The smallest absolute Gasteiger partial charge is 0.198 e. The Morgan fingerprint density at radius 3 is 2.65 bits per heavy atom. The number of aromatic nitrogens is 4. The van der Waals surface area contributed by atoms with Crippen LogP contribution in [0.2, 0.25) is 0 Å². The lowest BCUT2D eigenvalue weighted by molar-refractivity contribution is 0.585. The third kappa shape index (κ3) is 2.59. The Bertz CT molecular complexity index is 467. The largest absolute Gasteiger partial charge is 0.351 e. The quantitative estimate of drug-likeness (QED) is 0.816. The minimum Gasteiger partial charge on any atom is -0.351 e. The molecule has 6 nitrogen and oxygen atoms in total. The molecule has 0 atom stereocenters. The number of halogens is 2. The molecule has 0 aromatic carbocycles. The molecule has 94 valence electrons. The van der Waals surface area contributed by atoms with Crippen LogP contribution in [0.1, 0.15) is 0 Å². The predicted molar refractivity (Wildman–Crippen MR) is 70.4 cm³/mol. The zero-order valence-electron chi connectivity index (χ0n) is 9.11. The summed E-state index contributed by atoms with van der Waals surface area (Å²) in [6.07, 6.45) is 5.13. The second-order valence-electron chi connectivity index (χ2n) is 3.52. The van der Waals surface area contributed by atoms with Crippen LogP contribution in [0.5, 0.6) is 0 Å². The molecule has 3 heterocycles. The molecule has 1 aliphatic heterocycles. The number of hydrogen-bond acceptors (Lipinski definition) is 5. The Hall–Kier alpha value is -1.11. The van der Waals surface area contributed by atoms with E-state index in [9.17, 15) is 0 Å². The molecular weight excluding hydrogens is 263 g/mol. The zero-order chi connectivity index (χ0) is 10.1. The molecule has 0 unspecified atom stereocenters. The molecule has 0 radical (unpaired) electrons. The summed E-state index contributed by atoms with van der Waals surface area (Å²) in [7, 11) is 0. The van der Waals surface area contributed by atoms with Gasteiger partial charge >= 0.3 is 0 Å². The molecule has 0 spiro atoms. The lowest BCUT2D eigenvalue weighted by Crippen LogP contribution is -2.44. The third-order valence-corrected chi connectivity index (χ3v) is 2.59. The van der Waals surface area contributed by atoms with Gasteiger partial charge in [-0.05, 0) is 0 Å². The maximum Gasteiger partial charge on any atom is 0.198 e. The van der Waals surface area contributed by atoms with Gasteiger partial charge in [0.2, 0.25) is 0 Å². The number of hydrogen-bond donors (Lipinski definition) is 1. The Labute approximate surface area is 111 Å². The Kier molecular flexibility index (Phi) is 4.92. The topological polar surface area (TPSA) is 58.4 Å². The number of rotatable bonds is 1. The Morgan fingerprint density at radius 2 is 1.88 bits per heavy atom. The second kappa shape index (κ2) is 6.00. The summed E-state index contributed by atoms with van der Waals surface area (Å²) < 4.78 is 1.75. The monoisotopic (exact) mass is 276 g/mol. The van der Waals surface area contributed by atoms with Crippen molar-refractivity contribution in [2.75, 3.05) is 31.1 Å². The highest BCUT2D eigenvalue weighted by atomic mass is 35.5. The number of nitrogens with zero attached hydrogens (tertiary/aromatic N) is 5. The van der Waals surface area contributed by atoms with Crippen LogP contribution in [0.4, 0.5) is 5.82 Å². The van der Waals surface area contributed by atoms with E-state index in [0.29, 0.717) is 0 Å². The highest BCUT2D eigenvalue weighted by Crippen LogP contribution is 2.15. The molecule has 0 amide bonds. The fraction of sp³-hybridized carbons (Fsp3) is 0.444. The molecule has 3 rings (SSSR count). The first kappa shape index (κ1) is 14.0. The van der Waals surface area contributed by atoms with Crippen LogP contribution in [0.25, 0.3) is 5.65 Å². The highest BCUT2D eigenvalue weighted by molar-refractivity contribution is 5.85. The van der Waals surface area contributed by atoms with Crippen LogP contribution < -0.4 is 10.2 Å². The molecule has 1 fully saturated rings. The molecule has 0 bridgehead atoms. The van der Waals surface area contributed by atoms with Crippen LogP contribution >= 0.6 is 24.8 Å². The molecule has 2 aromatic rings. The van der Waals surface area contributed by atoms with Crippen molar-refractivity contribution >= 4 is 36.3 Å². The van der Waals surface area contributed by atoms with Gasteiger partial charge in [-0.2, -0.15) is 5.10 Å². The lowest BCUT2D eigenvalue weighted by atomic mass is 10.3. The van der Waals surface area contributed by atoms with Gasteiger partial charge in [0.05, 0.1) is 0 Å². The van der Waals surface area contributed by atoms with E-state index >= 15 is 0 Å². The Balaban J connectivity index is 0.000000722. The van der Waals surface area contributed by atoms with Gasteiger partial charge in [0.25, 0.3) is 0 Å². The maximum atomic E-state index is 4.38. The lowest BCUT2D eigenvalue weighted by Gasteiger charge is -2.28. The van der Waals surface area contributed by atoms with E-state index in [1.165, 1.54) is 0 Å². The summed E-state index contributed by atoms with van der Waals surface area (Å²) in [6.45, 7) is 3.94. The highest BCUT2D eigenvalue weighted by Gasteiger charge is 2.15. The fourth-order valence-corrected chi connectivity index (χ4v) is 1.84. The Morgan fingerprint density at radius 1 is 1.12 bits per heavy atom. The molecule has 17 heavy (non-hydrogen) atoms. The summed E-state index contributed by atoms with van der Waals surface area (Å²) in [5.41, 5.74) is 0.833. The van der Waals surface area contributed by atoms with Crippen molar-refractivity contribution in [3.8, 4) is 0 Å². The van der Waals surface area contributed by atoms with Crippen molar-refractivity contribution in [3.05, 3.63) is 18.7 Å². The third-order valence-electron chi connectivity index (χ3n) is 2.59. The average molecular weight is 277 g/mol. The zero-order valence-corrected chi connectivity index (χ0v) is 10.7. The number of fused-ring (bicyclic) bond motifs is 1. The van der Waals surface area contributed by atoms with Gasteiger partial charge < -0.3 is 10.2 Å². The van der Waals surface area contributed by atoms with Gasteiger partial charge in [0.15, 0.2) is 11.5 Å². The van der Waals surface area contributed by atoms with Crippen LogP contribution in [0.3, 0.4) is 0 Å². The van der Waals surface area contributed by atoms with Crippen molar-refractivity contribution in [2.24, 2.45) is 0 Å². The summed E-state index contributed by atoms with van der Waals surface area (Å²) in [5.74, 6) is 0.927. The fourth-order valence-electron chi connectivity index (χ4n) is 1.84. The first-order valence-electron chi connectivity index (χ1n) is 5.05. The predicted octanol–water partition coefficient (Wildman–Crippen LogP) is 0.377. The van der Waals surface area contributed by atoms with Crippen LogP contribution in [0.15, 0.2) is 18.7 Å². The van der Waals surface area contributed by atoms with Crippen LogP contribution in [-0.2, 0) is 0 Å². The number of anilines is 1. The molecule has 1 N–H and O–H groups in total. The summed E-state index contributed by atoms with van der Waals surface area (Å²) in [4.78, 5) is 10.8. The minimum atomic E-state index is 0. The van der Waals surface area contributed by atoms with Gasteiger partial charge in [0, 0.05) is 38.6 Å². The van der Waals surface area contributed by atoms with Crippen molar-refractivity contribution in [3.63, 3.8) is 0 Å². The van der Waals surface area contributed by atoms with Gasteiger partial charge in [-0.3, -0.25) is 0 Å². The number of nitrogens with one attached hydrogen (secondary N) is 1.